The first kappa shape index (κ1) is 18.1. The molecule has 0 bridgehead atoms. The van der Waals surface area contributed by atoms with Crippen LogP contribution in [0.1, 0.15) is 53.4 Å². The van der Waals surface area contributed by atoms with E-state index >= 15 is 0 Å². The summed E-state index contributed by atoms with van der Waals surface area (Å²) in [6.07, 6.45) is 3.59. The van der Waals surface area contributed by atoms with Crippen molar-refractivity contribution in [3.05, 3.63) is 0 Å². The molecule has 1 amide bonds. The molecular weight excluding hydrogens is 224 g/mol. The van der Waals surface area contributed by atoms with E-state index in [-0.39, 0.29) is 29.8 Å². The van der Waals surface area contributed by atoms with Gasteiger partial charge in [0.15, 0.2) is 0 Å². The van der Waals surface area contributed by atoms with E-state index in [2.05, 4.69) is 19.2 Å². The molecule has 0 saturated carbocycles. The van der Waals surface area contributed by atoms with E-state index in [4.69, 9.17) is 5.73 Å². The van der Waals surface area contributed by atoms with Crippen LogP contribution >= 0.6 is 12.4 Å². The third-order valence-electron chi connectivity index (χ3n) is 3.38. The highest BCUT2D eigenvalue weighted by Crippen LogP contribution is 2.11. The number of halogens is 1. The van der Waals surface area contributed by atoms with Crippen molar-refractivity contribution in [2.24, 2.45) is 11.7 Å². The summed E-state index contributed by atoms with van der Waals surface area (Å²) in [6.45, 7) is 8.81. The van der Waals surface area contributed by atoms with Crippen LogP contribution in [0.4, 0.5) is 0 Å². The van der Waals surface area contributed by atoms with Crippen molar-refractivity contribution in [1.29, 1.82) is 0 Å². The first-order valence-electron chi connectivity index (χ1n) is 6.09. The second-order valence-corrected chi connectivity index (χ2v) is 4.30. The molecule has 98 valence electrons. The summed E-state index contributed by atoms with van der Waals surface area (Å²) < 4.78 is 0. The highest BCUT2D eigenvalue weighted by molar-refractivity contribution is 5.85. The predicted octanol–water partition coefficient (Wildman–Crippen LogP) is 2.48. The Morgan fingerprint density at radius 3 is 1.94 bits per heavy atom. The summed E-state index contributed by atoms with van der Waals surface area (Å²) in [5.74, 6) is 0.291. The zero-order valence-corrected chi connectivity index (χ0v) is 11.8. The molecule has 0 fully saturated rings. The highest BCUT2D eigenvalue weighted by Gasteiger charge is 2.22. The standard InChI is InChI=1S/C12H26N2O.ClH/c1-5-10(6-2)11(15)14-9-12(13,7-3)8-4;/h10H,5-9,13H2,1-4H3,(H,14,15);1H. The summed E-state index contributed by atoms with van der Waals surface area (Å²) >= 11 is 0. The molecule has 0 saturated heterocycles. The Bertz CT molecular complexity index is 189. The zero-order valence-electron chi connectivity index (χ0n) is 11.0. The lowest BCUT2D eigenvalue weighted by molar-refractivity contribution is -0.125. The monoisotopic (exact) mass is 250 g/mol. The minimum atomic E-state index is -0.234. The smallest absolute Gasteiger partial charge is 0.223 e. The van der Waals surface area contributed by atoms with Gasteiger partial charge in [-0.1, -0.05) is 27.7 Å². The minimum absolute atomic E-state index is 0. The van der Waals surface area contributed by atoms with Crippen LogP contribution in [0.25, 0.3) is 0 Å². The third kappa shape index (κ3) is 5.71. The van der Waals surface area contributed by atoms with E-state index < -0.39 is 0 Å². The molecule has 0 aromatic carbocycles. The summed E-state index contributed by atoms with van der Waals surface area (Å²) in [7, 11) is 0. The number of hydrogen-bond acceptors (Lipinski definition) is 2. The van der Waals surface area contributed by atoms with Crippen molar-refractivity contribution in [2.75, 3.05) is 6.54 Å². The largest absolute Gasteiger partial charge is 0.354 e. The van der Waals surface area contributed by atoms with Gasteiger partial charge in [-0.15, -0.1) is 12.4 Å². The summed E-state index contributed by atoms with van der Waals surface area (Å²) in [4.78, 5) is 11.7. The fraction of sp³-hybridized carbons (Fsp3) is 0.917. The van der Waals surface area contributed by atoms with Gasteiger partial charge in [-0.25, -0.2) is 0 Å². The van der Waals surface area contributed by atoms with Crippen LogP contribution < -0.4 is 11.1 Å². The third-order valence-corrected chi connectivity index (χ3v) is 3.38. The van der Waals surface area contributed by atoms with E-state index in [1.165, 1.54) is 0 Å². The van der Waals surface area contributed by atoms with Gasteiger partial charge in [0.05, 0.1) is 0 Å². The van der Waals surface area contributed by atoms with Crippen LogP contribution in [0, 0.1) is 5.92 Å². The molecule has 3 nitrogen and oxygen atoms in total. The Kier molecular flexibility index (Phi) is 9.98. The number of amides is 1. The minimum Gasteiger partial charge on any atom is -0.354 e. The van der Waals surface area contributed by atoms with Crippen LogP contribution in [0.5, 0.6) is 0 Å². The normalized spacial score (nSPS) is 11.1. The Balaban J connectivity index is 0. The topological polar surface area (TPSA) is 55.1 Å². The lowest BCUT2D eigenvalue weighted by atomic mass is 9.93. The average molecular weight is 251 g/mol. The maximum atomic E-state index is 11.7. The Labute approximate surface area is 106 Å². The van der Waals surface area contributed by atoms with Crippen molar-refractivity contribution in [3.8, 4) is 0 Å². The number of carbonyl (C=O) groups is 1. The molecule has 0 aliphatic heterocycles. The average Bonchev–Trinajstić information content (AvgIpc) is 2.27. The van der Waals surface area contributed by atoms with Gasteiger partial charge < -0.3 is 11.1 Å². The first-order valence-corrected chi connectivity index (χ1v) is 6.09. The Morgan fingerprint density at radius 2 is 1.62 bits per heavy atom. The van der Waals surface area contributed by atoms with Crippen LogP contribution in [-0.4, -0.2) is 18.0 Å². The van der Waals surface area contributed by atoms with E-state index in [0.717, 1.165) is 25.7 Å². The molecule has 3 N–H and O–H groups in total. The van der Waals surface area contributed by atoms with Gasteiger partial charge in [0.1, 0.15) is 0 Å². The molecule has 0 rings (SSSR count). The molecule has 0 radical (unpaired) electrons. The first-order chi connectivity index (χ1) is 7.02. The van der Waals surface area contributed by atoms with Crippen LogP contribution in [-0.2, 0) is 4.79 Å². The van der Waals surface area contributed by atoms with Gasteiger partial charge in [0, 0.05) is 18.0 Å². The zero-order chi connectivity index (χ0) is 11.9. The molecular formula is C12H27ClN2O. The molecule has 0 spiro atoms. The number of hydrogen-bond donors (Lipinski definition) is 2. The fourth-order valence-electron chi connectivity index (χ4n) is 1.57. The lowest BCUT2D eigenvalue weighted by Crippen LogP contribution is -2.50. The van der Waals surface area contributed by atoms with Gasteiger partial charge in [-0.05, 0) is 25.7 Å². The summed E-state index contributed by atoms with van der Waals surface area (Å²) in [6, 6.07) is 0. The molecule has 0 heterocycles. The molecule has 0 unspecified atom stereocenters. The van der Waals surface area contributed by atoms with Crippen molar-refractivity contribution < 1.29 is 4.79 Å². The second-order valence-electron chi connectivity index (χ2n) is 4.30. The maximum Gasteiger partial charge on any atom is 0.223 e. The van der Waals surface area contributed by atoms with Gasteiger partial charge in [-0.3, -0.25) is 4.79 Å². The van der Waals surface area contributed by atoms with Gasteiger partial charge >= 0.3 is 0 Å². The predicted molar refractivity (Wildman–Crippen MR) is 71.8 cm³/mol. The van der Waals surface area contributed by atoms with Gasteiger partial charge in [0.25, 0.3) is 0 Å². The summed E-state index contributed by atoms with van der Waals surface area (Å²) in [5.41, 5.74) is 5.88. The molecule has 0 aliphatic rings. The molecule has 0 aliphatic carbocycles. The number of nitrogens with two attached hydrogens (primary N) is 1. The number of rotatable bonds is 7. The quantitative estimate of drug-likeness (QED) is 0.730. The van der Waals surface area contributed by atoms with E-state index in [1.54, 1.807) is 0 Å². The van der Waals surface area contributed by atoms with E-state index in [9.17, 15) is 4.79 Å². The van der Waals surface area contributed by atoms with E-state index in [1.807, 2.05) is 13.8 Å². The number of nitrogens with one attached hydrogen (secondary N) is 1. The second kappa shape index (κ2) is 8.82. The van der Waals surface area contributed by atoms with Gasteiger partial charge in [0.2, 0.25) is 5.91 Å². The molecule has 0 aromatic heterocycles. The van der Waals surface area contributed by atoms with Crippen molar-refractivity contribution >= 4 is 18.3 Å². The summed E-state index contributed by atoms with van der Waals surface area (Å²) in [5, 5.41) is 2.96. The molecule has 16 heavy (non-hydrogen) atoms. The van der Waals surface area contributed by atoms with Crippen LogP contribution in [0.3, 0.4) is 0 Å². The highest BCUT2D eigenvalue weighted by atomic mass is 35.5. The van der Waals surface area contributed by atoms with Crippen LogP contribution in [0.2, 0.25) is 0 Å². The van der Waals surface area contributed by atoms with Crippen molar-refractivity contribution in [3.63, 3.8) is 0 Å². The Morgan fingerprint density at radius 1 is 1.19 bits per heavy atom. The fourth-order valence-corrected chi connectivity index (χ4v) is 1.57. The van der Waals surface area contributed by atoms with E-state index in [0.29, 0.717) is 6.54 Å². The maximum absolute atomic E-state index is 11.7. The van der Waals surface area contributed by atoms with Crippen molar-refractivity contribution in [2.45, 2.75) is 58.9 Å². The molecule has 4 heteroatoms. The van der Waals surface area contributed by atoms with Gasteiger partial charge in [-0.2, -0.15) is 0 Å². The SMILES string of the molecule is CCC(CC)C(=O)NCC(N)(CC)CC.Cl. The van der Waals surface area contributed by atoms with Crippen molar-refractivity contribution in [1.82, 2.24) is 5.32 Å². The number of carbonyl (C=O) groups excluding carboxylic acids is 1. The molecule has 0 aromatic rings. The van der Waals surface area contributed by atoms with Crippen LogP contribution in [0.15, 0.2) is 0 Å². The molecule has 0 atom stereocenters. The lowest BCUT2D eigenvalue weighted by Gasteiger charge is -2.27. The Hall–Kier alpha value is -0.280.